The summed E-state index contributed by atoms with van der Waals surface area (Å²) in [5.41, 5.74) is 3.01. The standard InChI is InChI=1S/C21H24ClN3O2/c1-2-27-14-13-25-19-6-4-3-5-18(19)24-20(25)11-12-23-21(26)15-16-7-9-17(22)10-8-16/h3-10H,2,11-15H2,1H3,(H,23,26). The zero-order valence-electron chi connectivity index (χ0n) is 15.5. The lowest BCUT2D eigenvalue weighted by Gasteiger charge is -2.10. The number of para-hydroxylation sites is 2. The molecule has 6 heteroatoms. The first-order valence-corrected chi connectivity index (χ1v) is 9.58. The van der Waals surface area contributed by atoms with Crippen LogP contribution in [0.4, 0.5) is 0 Å². The van der Waals surface area contributed by atoms with Crippen molar-refractivity contribution in [1.82, 2.24) is 14.9 Å². The zero-order valence-corrected chi connectivity index (χ0v) is 16.2. The minimum Gasteiger partial charge on any atom is -0.380 e. The van der Waals surface area contributed by atoms with E-state index in [9.17, 15) is 4.79 Å². The maximum Gasteiger partial charge on any atom is 0.224 e. The van der Waals surface area contributed by atoms with Gasteiger partial charge >= 0.3 is 0 Å². The lowest BCUT2D eigenvalue weighted by Crippen LogP contribution is -2.28. The number of ether oxygens (including phenoxy) is 1. The summed E-state index contributed by atoms with van der Waals surface area (Å²) in [6, 6.07) is 15.4. The molecule has 0 unspecified atom stereocenters. The summed E-state index contributed by atoms with van der Waals surface area (Å²) in [5, 5.41) is 3.65. The van der Waals surface area contributed by atoms with Crippen LogP contribution in [0.25, 0.3) is 11.0 Å². The minimum absolute atomic E-state index is 0.00528. The number of benzene rings is 2. The molecule has 0 aliphatic rings. The van der Waals surface area contributed by atoms with Crippen LogP contribution in [0.2, 0.25) is 5.02 Å². The van der Waals surface area contributed by atoms with Gasteiger partial charge < -0.3 is 14.6 Å². The molecular weight excluding hydrogens is 362 g/mol. The molecule has 2 aromatic carbocycles. The third-order valence-electron chi connectivity index (χ3n) is 4.35. The van der Waals surface area contributed by atoms with Gasteiger partial charge in [0.25, 0.3) is 0 Å². The number of hydrogen-bond acceptors (Lipinski definition) is 3. The molecule has 0 aliphatic carbocycles. The number of aromatic nitrogens is 2. The van der Waals surface area contributed by atoms with E-state index in [-0.39, 0.29) is 5.91 Å². The molecule has 5 nitrogen and oxygen atoms in total. The van der Waals surface area contributed by atoms with Crippen molar-refractivity contribution in [3.8, 4) is 0 Å². The van der Waals surface area contributed by atoms with Gasteiger partial charge in [-0.25, -0.2) is 4.98 Å². The van der Waals surface area contributed by atoms with Crippen molar-refractivity contribution >= 4 is 28.5 Å². The average molecular weight is 386 g/mol. The highest BCUT2D eigenvalue weighted by atomic mass is 35.5. The number of fused-ring (bicyclic) bond motifs is 1. The van der Waals surface area contributed by atoms with Crippen LogP contribution in [0.1, 0.15) is 18.3 Å². The highest BCUT2D eigenvalue weighted by Gasteiger charge is 2.11. The topological polar surface area (TPSA) is 56.1 Å². The van der Waals surface area contributed by atoms with Crippen molar-refractivity contribution in [2.24, 2.45) is 0 Å². The van der Waals surface area contributed by atoms with Gasteiger partial charge in [0.15, 0.2) is 0 Å². The Bertz CT molecular complexity index is 890. The van der Waals surface area contributed by atoms with E-state index in [0.29, 0.717) is 37.6 Å². The van der Waals surface area contributed by atoms with Crippen LogP contribution in [0.5, 0.6) is 0 Å². The third kappa shape index (κ3) is 5.31. The second-order valence-electron chi connectivity index (χ2n) is 6.27. The summed E-state index contributed by atoms with van der Waals surface area (Å²) in [7, 11) is 0. The molecule has 1 N–H and O–H groups in total. The van der Waals surface area contributed by atoms with E-state index in [1.165, 1.54) is 0 Å². The molecular formula is C21H24ClN3O2. The number of halogens is 1. The number of imidazole rings is 1. The molecule has 1 heterocycles. The van der Waals surface area contributed by atoms with Gasteiger partial charge in [0.2, 0.25) is 5.91 Å². The number of carbonyl (C=O) groups excluding carboxylic acids is 1. The van der Waals surface area contributed by atoms with E-state index in [2.05, 4.69) is 16.0 Å². The summed E-state index contributed by atoms with van der Waals surface area (Å²) in [6.45, 7) is 4.63. The Morgan fingerprint density at radius 2 is 1.96 bits per heavy atom. The summed E-state index contributed by atoms with van der Waals surface area (Å²) in [4.78, 5) is 16.9. The fraction of sp³-hybridized carbons (Fsp3) is 0.333. The predicted octanol–water partition coefficient (Wildman–Crippen LogP) is 3.63. The first kappa shape index (κ1) is 19.4. The van der Waals surface area contributed by atoms with Gasteiger partial charge in [-0.15, -0.1) is 0 Å². The van der Waals surface area contributed by atoms with Gasteiger partial charge in [-0.3, -0.25) is 4.79 Å². The van der Waals surface area contributed by atoms with Gasteiger partial charge in [-0.2, -0.15) is 0 Å². The molecule has 0 fully saturated rings. The maximum atomic E-state index is 12.2. The van der Waals surface area contributed by atoms with Crippen LogP contribution in [0.15, 0.2) is 48.5 Å². The Hall–Kier alpha value is -2.37. The minimum atomic E-state index is -0.00528. The van der Waals surface area contributed by atoms with Crippen LogP contribution in [-0.4, -0.2) is 35.2 Å². The van der Waals surface area contributed by atoms with Gasteiger partial charge in [0.1, 0.15) is 5.82 Å². The van der Waals surface area contributed by atoms with E-state index in [1.807, 2.05) is 37.3 Å². The molecule has 0 saturated heterocycles. The molecule has 0 spiro atoms. The van der Waals surface area contributed by atoms with E-state index in [1.54, 1.807) is 12.1 Å². The van der Waals surface area contributed by atoms with Crippen LogP contribution in [0.3, 0.4) is 0 Å². The monoisotopic (exact) mass is 385 g/mol. The average Bonchev–Trinajstić information content (AvgIpc) is 3.01. The molecule has 27 heavy (non-hydrogen) atoms. The molecule has 0 saturated carbocycles. The number of nitrogens with one attached hydrogen (secondary N) is 1. The Balaban J connectivity index is 1.59. The number of nitrogens with zero attached hydrogens (tertiary/aromatic N) is 2. The second kappa shape index (κ2) is 9.53. The smallest absolute Gasteiger partial charge is 0.224 e. The fourth-order valence-corrected chi connectivity index (χ4v) is 3.16. The molecule has 0 aliphatic heterocycles. The SMILES string of the molecule is CCOCCn1c(CCNC(=O)Cc2ccc(Cl)cc2)nc2ccccc21. The lowest BCUT2D eigenvalue weighted by molar-refractivity contribution is -0.120. The molecule has 3 aromatic rings. The van der Waals surface area contributed by atoms with Gasteiger partial charge in [-0.05, 0) is 36.8 Å². The fourth-order valence-electron chi connectivity index (χ4n) is 3.03. The molecule has 0 bridgehead atoms. The third-order valence-corrected chi connectivity index (χ3v) is 4.60. The highest BCUT2D eigenvalue weighted by molar-refractivity contribution is 6.30. The van der Waals surface area contributed by atoms with Crippen molar-refractivity contribution in [2.75, 3.05) is 19.8 Å². The summed E-state index contributed by atoms with van der Waals surface area (Å²) < 4.78 is 7.68. The second-order valence-corrected chi connectivity index (χ2v) is 6.70. The zero-order chi connectivity index (χ0) is 19.1. The number of hydrogen-bond donors (Lipinski definition) is 1. The Morgan fingerprint density at radius 1 is 1.19 bits per heavy atom. The van der Waals surface area contributed by atoms with Crippen molar-refractivity contribution < 1.29 is 9.53 Å². The van der Waals surface area contributed by atoms with Gasteiger partial charge in [0.05, 0.1) is 24.1 Å². The van der Waals surface area contributed by atoms with Gasteiger partial charge in [0, 0.05) is 31.1 Å². The molecule has 1 aromatic heterocycles. The number of amides is 1. The Morgan fingerprint density at radius 3 is 2.74 bits per heavy atom. The van der Waals surface area contributed by atoms with Crippen LogP contribution >= 0.6 is 11.6 Å². The molecule has 0 radical (unpaired) electrons. The van der Waals surface area contributed by atoms with Gasteiger partial charge in [-0.1, -0.05) is 35.9 Å². The summed E-state index contributed by atoms with van der Waals surface area (Å²) in [6.07, 6.45) is 1.02. The van der Waals surface area contributed by atoms with E-state index in [4.69, 9.17) is 21.3 Å². The summed E-state index contributed by atoms with van der Waals surface area (Å²) >= 11 is 5.87. The number of rotatable bonds is 9. The van der Waals surface area contributed by atoms with E-state index >= 15 is 0 Å². The van der Waals surface area contributed by atoms with Crippen LogP contribution in [0, 0.1) is 0 Å². The maximum absolute atomic E-state index is 12.2. The normalized spacial score (nSPS) is 11.0. The van der Waals surface area contributed by atoms with Crippen LogP contribution < -0.4 is 5.32 Å². The van der Waals surface area contributed by atoms with Crippen LogP contribution in [-0.2, 0) is 28.9 Å². The first-order valence-electron chi connectivity index (χ1n) is 9.20. The molecule has 3 rings (SSSR count). The van der Waals surface area contributed by atoms with Crippen molar-refractivity contribution in [3.63, 3.8) is 0 Å². The molecule has 142 valence electrons. The quantitative estimate of drug-likeness (QED) is 0.572. The van der Waals surface area contributed by atoms with E-state index in [0.717, 1.165) is 29.0 Å². The Labute approximate surface area is 164 Å². The highest BCUT2D eigenvalue weighted by Crippen LogP contribution is 2.16. The number of carbonyl (C=O) groups is 1. The first-order chi connectivity index (χ1) is 13.2. The molecule has 1 amide bonds. The molecule has 0 atom stereocenters. The lowest BCUT2D eigenvalue weighted by atomic mass is 10.1. The summed E-state index contributed by atoms with van der Waals surface area (Å²) in [5.74, 6) is 0.956. The largest absolute Gasteiger partial charge is 0.380 e. The predicted molar refractivity (Wildman–Crippen MR) is 108 cm³/mol. The van der Waals surface area contributed by atoms with E-state index < -0.39 is 0 Å². The Kier molecular flexibility index (Phi) is 6.85. The van der Waals surface area contributed by atoms with Crippen molar-refractivity contribution in [1.29, 1.82) is 0 Å². The van der Waals surface area contributed by atoms with Crippen molar-refractivity contribution in [2.45, 2.75) is 26.3 Å². The van der Waals surface area contributed by atoms with Crippen molar-refractivity contribution in [3.05, 3.63) is 64.9 Å².